The van der Waals surface area contributed by atoms with Crippen molar-refractivity contribution < 1.29 is 28.5 Å². The molecule has 8 heteroatoms. The predicted octanol–water partition coefficient (Wildman–Crippen LogP) is 17.8. The van der Waals surface area contributed by atoms with Crippen molar-refractivity contribution in [2.75, 3.05) is 13.2 Å². The Morgan fingerprint density at radius 3 is 1.01 bits per heavy atom. The maximum absolute atomic E-state index is 13.0. The van der Waals surface area contributed by atoms with Crippen molar-refractivity contribution in [3.05, 3.63) is 144 Å². The topological polar surface area (TPSA) is 95.8 Å². The molecule has 0 N–H and O–H groups in total. The van der Waals surface area contributed by atoms with Crippen molar-refractivity contribution in [1.29, 1.82) is 0 Å². The Morgan fingerprint density at radius 1 is 0.371 bits per heavy atom. The highest BCUT2D eigenvalue weighted by molar-refractivity contribution is 5.93. The van der Waals surface area contributed by atoms with Crippen molar-refractivity contribution in [3.8, 4) is 23.0 Å². The van der Waals surface area contributed by atoms with Gasteiger partial charge in [0.2, 0.25) is 0 Å². The van der Waals surface area contributed by atoms with Gasteiger partial charge in [0.05, 0.1) is 35.7 Å². The Bertz CT molecular complexity index is 2080. The second-order valence-electron chi connectivity index (χ2n) is 18.5. The molecule has 8 nitrogen and oxygen atoms in total. The third-order valence-electron chi connectivity index (χ3n) is 12.5. The first-order chi connectivity index (χ1) is 34.5. The fraction of sp³-hybridized carbons (Fsp3) is 0.452. The number of unbranched alkanes of at least 4 members (excludes halogenated alkanes) is 22. The van der Waals surface area contributed by atoms with E-state index in [-0.39, 0.29) is 11.5 Å². The fourth-order valence-electron chi connectivity index (χ4n) is 8.16. The smallest absolute Gasteiger partial charge is 0.343 e. The van der Waals surface area contributed by atoms with E-state index in [4.69, 9.17) is 18.9 Å². The van der Waals surface area contributed by atoms with E-state index in [1.807, 2.05) is 48.5 Å². The van der Waals surface area contributed by atoms with E-state index in [0.29, 0.717) is 22.5 Å². The number of carbonyl (C=O) groups is 2. The Labute approximate surface area is 420 Å². The van der Waals surface area contributed by atoms with Crippen LogP contribution in [0.2, 0.25) is 0 Å². The molecule has 0 atom stereocenters. The third-order valence-corrected chi connectivity index (χ3v) is 12.5. The molecule has 0 aromatic heterocycles. The fourth-order valence-corrected chi connectivity index (χ4v) is 8.16. The number of ether oxygens (including phenoxy) is 4. The summed E-state index contributed by atoms with van der Waals surface area (Å²) in [6.07, 6.45) is 35.4. The lowest BCUT2D eigenvalue weighted by Crippen LogP contribution is -2.10. The van der Waals surface area contributed by atoms with Gasteiger partial charge in [-0.3, -0.25) is 9.98 Å². The number of nitrogens with zero attached hydrogens (tertiary/aromatic N) is 2. The number of aliphatic imine (C=N–C) groups is 2. The lowest BCUT2D eigenvalue weighted by Gasteiger charge is -2.08. The van der Waals surface area contributed by atoms with Gasteiger partial charge in [0.15, 0.2) is 0 Å². The highest BCUT2D eigenvalue weighted by atomic mass is 16.5. The van der Waals surface area contributed by atoms with Gasteiger partial charge in [-0.25, -0.2) is 9.59 Å². The van der Waals surface area contributed by atoms with Crippen LogP contribution in [0.25, 0.3) is 0 Å². The van der Waals surface area contributed by atoms with E-state index >= 15 is 0 Å². The highest BCUT2D eigenvalue weighted by Gasteiger charge is 2.13. The molecular weight excluding hydrogens is 869 g/mol. The Kier molecular flexibility index (Phi) is 26.9. The molecule has 0 aliphatic rings. The van der Waals surface area contributed by atoms with Crippen LogP contribution in [0.4, 0.5) is 11.4 Å². The number of benzene rings is 5. The molecule has 374 valence electrons. The van der Waals surface area contributed by atoms with Crippen LogP contribution in [-0.4, -0.2) is 37.6 Å². The Morgan fingerprint density at radius 2 is 0.686 bits per heavy atom. The molecule has 5 aromatic carbocycles. The second-order valence-corrected chi connectivity index (χ2v) is 18.5. The quantitative estimate of drug-likeness (QED) is 0.0172. The van der Waals surface area contributed by atoms with E-state index in [0.717, 1.165) is 48.7 Å². The number of rotatable bonds is 36. The number of hydrogen-bond donors (Lipinski definition) is 0. The number of carbonyl (C=O) groups excluding carboxylic acids is 2. The summed E-state index contributed by atoms with van der Waals surface area (Å²) in [6.45, 7) is 6.01. The normalized spacial score (nSPS) is 11.3. The molecule has 0 fully saturated rings. The first kappa shape index (κ1) is 54.9. The summed E-state index contributed by atoms with van der Waals surface area (Å²) in [5.41, 5.74) is 4.04. The van der Waals surface area contributed by atoms with Crippen LogP contribution in [-0.2, 0) is 0 Å². The van der Waals surface area contributed by atoms with E-state index < -0.39 is 11.9 Å². The van der Waals surface area contributed by atoms with Crippen molar-refractivity contribution >= 4 is 35.7 Å². The zero-order chi connectivity index (χ0) is 49.1. The zero-order valence-corrected chi connectivity index (χ0v) is 42.4. The molecule has 5 rings (SSSR count). The number of hydrogen-bond acceptors (Lipinski definition) is 8. The van der Waals surface area contributed by atoms with Gasteiger partial charge in [-0.05, 0) is 133 Å². The first-order valence-corrected chi connectivity index (χ1v) is 26.8. The van der Waals surface area contributed by atoms with E-state index in [2.05, 4.69) is 23.8 Å². The minimum Gasteiger partial charge on any atom is -0.494 e. The van der Waals surface area contributed by atoms with E-state index in [1.54, 1.807) is 79.2 Å². The average Bonchev–Trinajstić information content (AvgIpc) is 3.39. The van der Waals surface area contributed by atoms with Gasteiger partial charge >= 0.3 is 11.9 Å². The SMILES string of the molecule is CCCCCCCCCCCCCCOc1ccc(C=Nc2ccc(C(=O)Oc3cccc(OC(=O)c4ccc(N=Cc5ccc(OCCCCCCCCCCCCCC)cc5)cc4)c3)cc2)cc1. The molecule has 0 aliphatic carbocycles. The van der Waals surface area contributed by atoms with Crippen molar-refractivity contribution in [2.45, 2.75) is 168 Å². The molecule has 5 aromatic rings. The highest BCUT2D eigenvalue weighted by Crippen LogP contribution is 2.24. The van der Waals surface area contributed by atoms with Crippen molar-refractivity contribution in [2.24, 2.45) is 9.98 Å². The number of esters is 2. The van der Waals surface area contributed by atoms with Gasteiger partial charge in [-0.15, -0.1) is 0 Å². The van der Waals surface area contributed by atoms with Crippen LogP contribution in [0.5, 0.6) is 23.0 Å². The van der Waals surface area contributed by atoms with Crippen molar-refractivity contribution in [1.82, 2.24) is 0 Å². The molecule has 70 heavy (non-hydrogen) atoms. The van der Waals surface area contributed by atoms with Gasteiger partial charge in [0.1, 0.15) is 23.0 Å². The zero-order valence-electron chi connectivity index (χ0n) is 42.4. The molecule has 0 unspecified atom stereocenters. The van der Waals surface area contributed by atoms with Crippen LogP contribution in [0, 0.1) is 0 Å². The lowest BCUT2D eigenvalue weighted by molar-refractivity contribution is 0.0732. The van der Waals surface area contributed by atoms with Gasteiger partial charge in [0, 0.05) is 18.5 Å². The molecule has 0 bridgehead atoms. The van der Waals surface area contributed by atoms with Gasteiger partial charge in [-0.1, -0.05) is 161 Å². The van der Waals surface area contributed by atoms with Gasteiger partial charge in [-0.2, -0.15) is 0 Å². The van der Waals surface area contributed by atoms with Crippen LogP contribution < -0.4 is 18.9 Å². The van der Waals surface area contributed by atoms with Gasteiger partial charge in [0.25, 0.3) is 0 Å². The summed E-state index contributed by atoms with van der Waals surface area (Å²) in [5.74, 6) is 1.15. The lowest BCUT2D eigenvalue weighted by atomic mass is 10.1. The van der Waals surface area contributed by atoms with E-state index in [1.165, 1.54) is 147 Å². The van der Waals surface area contributed by atoms with Crippen LogP contribution in [0.15, 0.2) is 131 Å². The molecule has 0 amide bonds. The Hall–Kier alpha value is -6.02. The second kappa shape index (κ2) is 34.3. The summed E-state index contributed by atoms with van der Waals surface area (Å²) < 4.78 is 23.2. The first-order valence-electron chi connectivity index (χ1n) is 26.8. The molecular formula is C62H80N2O6. The monoisotopic (exact) mass is 949 g/mol. The summed E-state index contributed by atoms with van der Waals surface area (Å²) >= 11 is 0. The average molecular weight is 949 g/mol. The molecule has 0 spiro atoms. The molecule has 0 saturated carbocycles. The summed E-state index contributed by atoms with van der Waals surface area (Å²) in [7, 11) is 0. The minimum atomic E-state index is -0.538. The standard InChI is InChI=1S/C62H80N2O6/c1-3-5-7-9-11-13-15-17-19-21-23-25-46-67-57-42-30-51(31-43-57)49-63-55-38-34-53(35-39-55)61(65)69-59-28-27-29-60(48-59)70-62(66)54-36-40-56(41-37-54)64-50-52-32-44-58(45-33-52)68-47-26-24-22-20-18-16-14-12-10-8-6-4-2/h27-45,48-50H,3-26,46-47H2,1-2H3. The molecule has 0 saturated heterocycles. The largest absolute Gasteiger partial charge is 0.494 e. The molecule has 0 aliphatic heterocycles. The summed E-state index contributed by atoms with van der Waals surface area (Å²) in [4.78, 5) is 35.2. The molecule has 0 radical (unpaired) electrons. The molecule has 0 heterocycles. The maximum Gasteiger partial charge on any atom is 0.343 e. The van der Waals surface area contributed by atoms with Crippen molar-refractivity contribution in [3.63, 3.8) is 0 Å². The predicted molar refractivity (Wildman–Crippen MR) is 290 cm³/mol. The third kappa shape index (κ3) is 23.1. The Balaban J connectivity index is 0.943. The summed E-state index contributed by atoms with van der Waals surface area (Å²) in [5, 5.41) is 0. The van der Waals surface area contributed by atoms with Crippen LogP contribution in [0.3, 0.4) is 0 Å². The van der Waals surface area contributed by atoms with E-state index in [9.17, 15) is 9.59 Å². The van der Waals surface area contributed by atoms with Crippen LogP contribution >= 0.6 is 0 Å². The minimum absolute atomic E-state index is 0.253. The van der Waals surface area contributed by atoms with Gasteiger partial charge < -0.3 is 18.9 Å². The van der Waals surface area contributed by atoms with Crippen LogP contribution in [0.1, 0.15) is 200 Å². The maximum atomic E-state index is 13.0. The summed E-state index contributed by atoms with van der Waals surface area (Å²) in [6, 6.07) is 36.1.